The van der Waals surface area contributed by atoms with E-state index in [1.54, 1.807) is 0 Å². The highest BCUT2D eigenvalue weighted by molar-refractivity contribution is 6.12. The fourth-order valence-electron chi connectivity index (χ4n) is 5.86. The molecule has 1 unspecified atom stereocenters. The van der Waals surface area contributed by atoms with Gasteiger partial charge < -0.3 is 4.42 Å². The highest BCUT2D eigenvalue weighted by Crippen LogP contribution is 2.50. The Bertz CT molecular complexity index is 1610. The molecule has 7 rings (SSSR count). The molecule has 0 spiro atoms. The highest BCUT2D eigenvalue weighted by atomic mass is 16.3. The zero-order chi connectivity index (χ0) is 24.6. The molecule has 0 saturated heterocycles. The number of rotatable bonds is 2. The van der Waals surface area contributed by atoms with Gasteiger partial charge >= 0.3 is 0 Å². The second kappa shape index (κ2) is 9.32. The molecule has 0 aliphatic heterocycles. The van der Waals surface area contributed by atoms with E-state index in [1.807, 2.05) is 13.8 Å². The molecule has 178 valence electrons. The quantitative estimate of drug-likeness (QED) is 0.251. The van der Waals surface area contributed by atoms with Crippen LogP contribution in [-0.4, -0.2) is 0 Å². The van der Waals surface area contributed by atoms with E-state index in [4.69, 9.17) is 4.42 Å². The second-order valence-corrected chi connectivity index (χ2v) is 9.69. The minimum absolute atomic E-state index is 0.231. The molecular formula is C35H32O. The van der Waals surface area contributed by atoms with Crippen molar-refractivity contribution in [2.75, 3.05) is 0 Å². The van der Waals surface area contributed by atoms with Gasteiger partial charge in [-0.2, -0.15) is 0 Å². The molecule has 2 aliphatic carbocycles. The lowest BCUT2D eigenvalue weighted by Gasteiger charge is -2.28. The normalized spacial score (nSPS) is 16.5. The number of fused-ring (bicyclic) bond motifs is 6. The van der Waals surface area contributed by atoms with Crippen LogP contribution in [0, 0.1) is 6.92 Å². The topological polar surface area (TPSA) is 13.1 Å². The summed E-state index contributed by atoms with van der Waals surface area (Å²) in [7, 11) is 0. The van der Waals surface area contributed by atoms with E-state index >= 15 is 0 Å². The largest absolute Gasteiger partial charge is 0.460 e. The molecule has 1 heteroatoms. The maximum Gasteiger partial charge on any atom is 0.135 e. The van der Waals surface area contributed by atoms with Crippen molar-refractivity contribution in [1.29, 1.82) is 0 Å². The Morgan fingerprint density at radius 2 is 1.50 bits per heavy atom. The standard InChI is InChI=1S/C33H26O.C2H6/c1-21-10-12-22(13-11-21)23-14-16-25(17-15-23)29-20-26-7-3-5-9-28(26)32-31-27-8-4-2-6-24(27)18-19-30(31)34-33(29)32;1-2/h2-4,6-8,10-19,29H,5,9,20H2,1H3;1-2H3. The van der Waals surface area contributed by atoms with Gasteiger partial charge in [0, 0.05) is 16.9 Å². The lowest BCUT2D eigenvalue weighted by Crippen LogP contribution is -2.11. The third-order valence-corrected chi connectivity index (χ3v) is 7.62. The minimum Gasteiger partial charge on any atom is -0.460 e. The molecule has 1 atom stereocenters. The van der Waals surface area contributed by atoms with Gasteiger partial charge in [-0.3, -0.25) is 0 Å². The van der Waals surface area contributed by atoms with Crippen molar-refractivity contribution in [3.8, 4) is 11.1 Å². The molecule has 0 bridgehead atoms. The number of benzene rings is 4. The molecule has 1 heterocycles. The minimum atomic E-state index is 0.231. The zero-order valence-corrected chi connectivity index (χ0v) is 21.3. The van der Waals surface area contributed by atoms with Crippen molar-refractivity contribution < 1.29 is 4.42 Å². The summed E-state index contributed by atoms with van der Waals surface area (Å²) in [6, 6.07) is 30.9. The summed E-state index contributed by atoms with van der Waals surface area (Å²) in [5.41, 5.74) is 10.5. The average Bonchev–Trinajstić information content (AvgIpc) is 3.35. The third kappa shape index (κ3) is 3.71. The number of hydrogen-bond acceptors (Lipinski definition) is 1. The molecule has 5 aromatic rings. The molecule has 0 radical (unpaired) electrons. The summed E-state index contributed by atoms with van der Waals surface area (Å²) in [6.07, 6.45) is 7.89. The van der Waals surface area contributed by atoms with Crippen molar-refractivity contribution in [3.05, 3.63) is 125 Å². The number of aryl methyl sites for hydroxylation is 1. The summed E-state index contributed by atoms with van der Waals surface area (Å²) >= 11 is 0. The van der Waals surface area contributed by atoms with Crippen LogP contribution in [0.4, 0.5) is 0 Å². The van der Waals surface area contributed by atoms with E-state index in [2.05, 4.69) is 104 Å². The van der Waals surface area contributed by atoms with Crippen LogP contribution in [0.3, 0.4) is 0 Å². The summed E-state index contributed by atoms with van der Waals surface area (Å²) < 4.78 is 6.68. The Balaban J connectivity index is 0.00000117. The lowest BCUT2D eigenvalue weighted by atomic mass is 9.75. The van der Waals surface area contributed by atoms with Crippen molar-refractivity contribution >= 4 is 27.3 Å². The van der Waals surface area contributed by atoms with E-state index in [0.717, 1.165) is 30.6 Å². The van der Waals surface area contributed by atoms with Gasteiger partial charge in [0.05, 0.1) is 0 Å². The monoisotopic (exact) mass is 468 g/mol. The first-order valence-electron chi connectivity index (χ1n) is 13.3. The summed E-state index contributed by atoms with van der Waals surface area (Å²) in [5, 5.41) is 3.86. The van der Waals surface area contributed by atoms with Crippen LogP contribution in [0.1, 0.15) is 61.5 Å². The first-order chi connectivity index (χ1) is 17.8. The van der Waals surface area contributed by atoms with E-state index in [9.17, 15) is 0 Å². The fourth-order valence-corrected chi connectivity index (χ4v) is 5.86. The predicted molar refractivity (Wildman–Crippen MR) is 153 cm³/mol. The second-order valence-electron chi connectivity index (χ2n) is 9.69. The predicted octanol–water partition coefficient (Wildman–Crippen LogP) is 10.2. The van der Waals surface area contributed by atoms with Crippen LogP contribution in [0.5, 0.6) is 0 Å². The fraction of sp³-hybridized carbons (Fsp3) is 0.200. The molecule has 0 amide bonds. The van der Waals surface area contributed by atoms with Gasteiger partial charge in [0.1, 0.15) is 11.3 Å². The van der Waals surface area contributed by atoms with Crippen LogP contribution in [0.2, 0.25) is 0 Å². The zero-order valence-electron chi connectivity index (χ0n) is 21.3. The summed E-state index contributed by atoms with van der Waals surface area (Å²) in [6.45, 7) is 6.13. The van der Waals surface area contributed by atoms with Crippen LogP contribution < -0.4 is 0 Å². The first kappa shape index (κ1) is 22.6. The summed E-state index contributed by atoms with van der Waals surface area (Å²) in [4.78, 5) is 0. The molecule has 0 N–H and O–H groups in total. The van der Waals surface area contributed by atoms with Crippen molar-refractivity contribution in [3.63, 3.8) is 0 Å². The molecule has 0 saturated carbocycles. The highest BCUT2D eigenvalue weighted by Gasteiger charge is 2.33. The number of allylic oxidation sites excluding steroid dienone is 4. The Labute approximate surface area is 213 Å². The number of furan rings is 1. The SMILES string of the molecule is CC.Cc1ccc(-c2ccc(C3CC4=C(CCC=C4)c4c3oc3ccc5ccccc5c43)cc2)cc1. The van der Waals surface area contributed by atoms with Gasteiger partial charge in [-0.15, -0.1) is 0 Å². The van der Waals surface area contributed by atoms with Crippen molar-refractivity contribution in [2.45, 2.75) is 46.0 Å². The lowest BCUT2D eigenvalue weighted by molar-refractivity contribution is 0.511. The maximum absolute atomic E-state index is 6.68. The van der Waals surface area contributed by atoms with Crippen LogP contribution in [-0.2, 0) is 0 Å². The molecule has 0 fully saturated rings. The Morgan fingerprint density at radius 1 is 0.778 bits per heavy atom. The summed E-state index contributed by atoms with van der Waals surface area (Å²) in [5.74, 6) is 1.37. The van der Waals surface area contributed by atoms with E-state index in [1.165, 1.54) is 55.1 Å². The van der Waals surface area contributed by atoms with Gasteiger partial charge in [-0.1, -0.05) is 110 Å². The third-order valence-electron chi connectivity index (χ3n) is 7.62. The van der Waals surface area contributed by atoms with E-state index in [0.29, 0.717) is 0 Å². The average molecular weight is 469 g/mol. The Kier molecular flexibility index (Phi) is 5.85. The van der Waals surface area contributed by atoms with Gasteiger partial charge in [0.15, 0.2) is 0 Å². The maximum atomic E-state index is 6.68. The first-order valence-corrected chi connectivity index (χ1v) is 13.3. The Morgan fingerprint density at radius 3 is 2.28 bits per heavy atom. The van der Waals surface area contributed by atoms with E-state index < -0.39 is 0 Å². The van der Waals surface area contributed by atoms with Crippen molar-refractivity contribution in [1.82, 2.24) is 0 Å². The van der Waals surface area contributed by atoms with Crippen LogP contribution in [0.25, 0.3) is 38.4 Å². The van der Waals surface area contributed by atoms with Crippen LogP contribution in [0.15, 0.2) is 107 Å². The smallest absolute Gasteiger partial charge is 0.135 e. The number of hydrogen-bond donors (Lipinski definition) is 0. The van der Waals surface area contributed by atoms with Crippen molar-refractivity contribution in [2.24, 2.45) is 0 Å². The van der Waals surface area contributed by atoms with Gasteiger partial charge in [-0.05, 0) is 70.9 Å². The van der Waals surface area contributed by atoms with Crippen LogP contribution >= 0.6 is 0 Å². The molecule has 1 nitrogen and oxygen atoms in total. The van der Waals surface area contributed by atoms with Gasteiger partial charge in [-0.25, -0.2) is 0 Å². The van der Waals surface area contributed by atoms with Gasteiger partial charge in [0.2, 0.25) is 0 Å². The van der Waals surface area contributed by atoms with Gasteiger partial charge in [0.25, 0.3) is 0 Å². The Hall–Kier alpha value is -3.84. The molecule has 4 aromatic carbocycles. The molecular weight excluding hydrogens is 436 g/mol. The van der Waals surface area contributed by atoms with E-state index in [-0.39, 0.29) is 5.92 Å². The molecule has 36 heavy (non-hydrogen) atoms. The molecule has 2 aliphatic rings. The molecule has 1 aromatic heterocycles.